The summed E-state index contributed by atoms with van der Waals surface area (Å²) >= 11 is 0. The Morgan fingerprint density at radius 3 is 1.78 bits per heavy atom. The van der Waals surface area contributed by atoms with Crippen LogP contribution in [0.15, 0.2) is 0 Å². The summed E-state index contributed by atoms with van der Waals surface area (Å²) < 4.78 is 0. The molecule has 0 bridgehead atoms. The maximum Gasteiger partial charge on any atom is -0.0357 e. The normalized spacial score (nSPS) is 37.0. The van der Waals surface area contributed by atoms with Crippen molar-refractivity contribution in [3.05, 3.63) is 0 Å². The van der Waals surface area contributed by atoms with Crippen molar-refractivity contribution in [2.45, 2.75) is 34.1 Å². The van der Waals surface area contributed by atoms with Crippen LogP contribution < -0.4 is 0 Å². The number of hydrogen-bond acceptors (Lipinski definition) is 0. The van der Waals surface area contributed by atoms with Crippen molar-refractivity contribution in [2.75, 3.05) is 0 Å². The first-order valence-corrected chi connectivity index (χ1v) is 4.13. The molecule has 3 unspecified atom stereocenters. The van der Waals surface area contributed by atoms with Gasteiger partial charge in [0.2, 0.25) is 0 Å². The summed E-state index contributed by atoms with van der Waals surface area (Å²) in [5, 5.41) is 0. The molecule has 1 rings (SSSR count). The van der Waals surface area contributed by atoms with Gasteiger partial charge in [0.15, 0.2) is 0 Å². The van der Waals surface area contributed by atoms with Crippen molar-refractivity contribution >= 4 is 0 Å². The zero-order chi connectivity index (χ0) is 7.02. The van der Waals surface area contributed by atoms with Gasteiger partial charge in [0.25, 0.3) is 0 Å². The standard InChI is InChI=1S/C9H18/c1-6(2)8(4)9-5-7(9)3/h6-9H,5H2,1-4H3. The van der Waals surface area contributed by atoms with Gasteiger partial charge < -0.3 is 0 Å². The van der Waals surface area contributed by atoms with Crippen LogP contribution in [0.3, 0.4) is 0 Å². The molecule has 0 saturated heterocycles. The van der Waals surface area contributed by atoms with Crippen LogP contribution in [0.25, 0.3) is 0 Å². The summed E-state index contributed by atoms with van der Waals surface area (Å²) in [6.45, 7) is 9.41. The molecule has 0 aromatic heterocycles. The molecule has 54 valence electrons. The smallest absolute Gasteiger partial charge is 0.0357 e. The van der Waals surface area contributed by atoms with Crippen LogP contribution in [0, 0.1) is 23.7 Å². The molecule has 1 fully saturated rings. The van der Waals surface area contributed by atoms with Gasteiger partial charge in [0, 0.05) is 0 Å². The third-order valence-corrected chi connectivity index (χ3v) is 2.90. The van der Waals surface area contributed by atoms with Crippen LogP contribution in [-0.4, -0.2) is 0 Å². The highest BCUT2D eigenvalue weighted by Gasteiger charge is 2.37. The molecular formula is C9H18. The van der Waals surface area contributed by atoms with E-state index >= 15 is 0 Å². The molecule has 0 aromatic rings. The van der Waals surface area contributed by atoms with Crippen molar-refractivity contribution in [3.8, 4) is 0 Å². The van der Waals surface area contributed by atoms with Crippen molar-refractivity contribution < 1.29 is 0 Å². The number of rotatable bonds is 2. The predicted molar refractivity (Wildman–Crippen MR) is 41.3 cm³/mol. The maximum atomic E-state index is 2.39. The Morgan fingerprint density at radius 1 is 1.22 bits per heavy atom. The summed E-state index contributed by atoms with van der Waals surface area (Å²) in [6, 6.07) is 0. The van der Waals surface area contributed by atoms with Crippen molar-refractivity contribution in [2.24, 2.45) is 23.7 Å². The monoisotopic (exact) mass is 126 g/mol. The fourth-order valence-corrected chi connectivity index (χ4v) is 1.58. The highest BCUT2D eigenvalue weighted by atomic mass is 14.4. The minimum absolute atomic E-state index is 0.889. The van der Waals surface area contributed by atoms with Crippen molar-refractivity contribution in [1.29, 1.82) is 0 Å². The van der Waals surface area contributed by atoms with Crippen LogP contribution in [0.5, 0.6) is 0 Å². The first-order chi connectivity index (χ1) is 4.13. The van der Waals surface area contributed by atoms with Crippen LogP contribution in [-0.2, 0) is 0 Å². The molecule has 9 heavy (non-hydrogen) atoms. The quantitative estimate of drug-likeness (QED) is 0.533. The summed E-state index contributed by atoms with van der Waals surface area (Å²) in [5.41, 5.74) is 0. The van der Waals surface area contributed by atoms with E-state index in [0.29, 0.717) is 0 Å². The van der Waals surface area contributed by atoms with Crippen LogP contribution in [0.4, 0.5) is 0 Å². The Kier molecular flexibility index (Phi) is 1.83. The predicted octanol–water partition coefficient (Wildman–Crippen LogP) is 2.93. The van der Waals surface area contributed by atoms with Crippen LogP contribution >= 0.6 is 0 Å². The van der Waals surface area contributed by atoms with E-state index in [1.165, 1.54) is 6.42 Å². The lowest BCUT2D eigenvalue weighted by molar-refractivity contribution is 0.358. The third kappa shape index (κ3) is 1.47. The minimum atomic E-state index is 0.889. The Bertz CT molecular complexity index is 94.2. The Balaban J connectivity index is 2.27. The molecule has 1 aliphatic carbocycles. The second-order valence-corrected chi connectivity index (χ2v) is 3.98. The largest absolute Gasteiger partial charge is 0.0625 e. The average Bonchev–Trinajstić information content (AvgIpc) is 2.44. The maximum absolute atomic E-state index is 2.39. The van der Waals surface area contributed by atoms with Crippen LogP contribution in [0.2, 0.25) is 0 Å². The van der Waals surface area contributed by atoms with Gasteiger partial charge in [-0.3, -0.25) is 0 Å². The molecule has 0 aromatic carbocycles. The summed E-state index contributed by atoms with van der Waals surface area (Å²) in [6.07, 6.45) is 1.49. The van der Waals surface area contributed by atoms with Crippen molar-refractivity contribution in [1.82, 2.24) is 0 Å². The summed E-state index contributed by atoms with van der Waals surface area (Å²) in [7, 11) is 0. The van der Waals surface area contributed by atoms with Gasteiger partial charge in [-0.05, 0) is 30.1 Å². The van der Waals surface area contributed by atoms with Gasteiger partial charge in [-0.15, -0.1) is 0 Å². The lowest BCUT2D eigenvalue weighted by Gasteiger charge is -2.13. The van der Waals surface area contributed by atoms with Crippen molar-refractivity contribution in [3.63, 3.8) is 0 Å². The first-order valence-electron chi connectivity index (χ1n) is 4.13. The van der Waals surface area contributed by atoms with Gasteiger partial charge in [0.1, 0.15) is 0 Å². The highest BCUT2D eigenvalue weighted by Crippen LogP contribution is 2.45. The van der Waals surface area contributed by atoms with Gasteiger partial charge in [-0.2, -0.15) is 0 Å². The molecule has 1 saturated carbocycles. The van der Waals surface area contributed by atoms with E-state index in [1.54, 1.807) is 0 Å². The van der Waals surface area contributed by atoms with Crippen LogP contribution in [0.1, 0.15) is 34.1 Å². The second-order valence-electron chi connectivity index (χ2n) is 3.98. The molecule has 0 heteroatoms. The molecule has 0 aliphatic heterocycles. The van der Waals surface area contributed by atoms with E-state index in [4.69, 9.17) is 0 Å². The minimum Gasteiger partial charge on any atom is -0.0625 e. The van der Waals surface area contributed by atoms with E-state index in [0.717, 1.165) is 23.7 Å². The highest BCUT2D eigenvalue weighted by molar-refractivity contribution is 4.87. The summed E-state index contributed by atoms with van der Waals surface area (Å²) in [5.74, 6) is 3.94. The van der Waals surface area contributed by atoms with E-state index in [9.17, 15) is 0 Å². The topological polar surface area (TPSA) is 0 Å². The second kappa shape index (κ2) is 2.32. The van der Waals surface area contributed by atoms with E-state index < -0.39 is 0 Å². The Labute approximate surface area is 58.7 Å². The molecule has 0 heterocycles. The molecular weight excluding hydrogens is 108 g/mol. The fourth-order valence-electron chi connectivity index (χ4n) is 1.58. The van der Waals surface area contributed by atoms with Gasteiger partial charge >= 0.3 is 0 Å². The molecule has 0 amide bonds. The number of hydrogen-bond donors (Lipinski definition) is 0. The van der Waals surface area contributed by atoms with E-state index in [1.807, 2.05) is 0 Å². The Morgan fingerprint density at radius 2 is 1.67 bits per heavy atom. The molecule has 3 atom stereocenters. The molecule has 0 radical (unpaired) electrons. The lowest BCUT2D eigenvalue weighted by Crippen LogP contribution is -2.06. The molecule has 0 spiro atoms. The SMILES string of the molecule is CC(C)C(C)C1CC1C. The molecule has 0 nitrogen and oxygen atoms in total. The lowest BCUT2D eigenvalue weighted by atomic mass is 9.92. The molecule has 0 N–H and O–H groups in total. The zero-order valence-corrected chi connectivity index (χ0v) is 7.02. The molecule has 1 aliphatic rings. The average molecular weight is 126 g/mol. The van der Waals surface area contributed by atoms with Gasteiger partial charge in [0.05, 0.1) is 0 Å². The van der Waals surface area contributed by atoms with Gasteiger partial charge in [-0.1, -0.05) is 27.7 Å². The third-order valence-electron chi connectivity index (χ3n) is 2.90. The van der Waals surface area contributed by atoms with Gasteiger partial charge in [-0.25, -0.2) is 0 Å². The zero-order valence-electron chi connectivity index (χ0n) is 7.02. The van der Waals surface area contributed by atoms with E-state index in [2.05, 4.69) is 27.7 Å². The van der Waals surface area contributed by atoms with E-state index in [-0.39, 0.29) is 0 Å². The fraction of sp³-hybridized carbons (Fsp3) is 1.00. The summed E-state index contributed by atoms with van der Waals surface area (Å²) in [4.78, 5) is 0. The first kappa shape index (κ1) is 7.11. The Hall–Kier alpha value is 0.